The average Bonchev–Trinajstić information content (AvgIpc) is 3.45. The van der Waals surface area contributed by atoms with E-state index in [1.807, 2.05) is 24.4 Å². The summed E-state index contributed by atoms with van der Waals surface area (Å²) >= 11 is 0. The Kier molecular flexibility index (Phi) is 5.70. The minimum Gasteiger partial charge on any atom is -0.354 e. The molecule has 3 saturated carbocycles. The number of carbonyl (C=O) groups excluding carboxylic acids is 2. The number of amides is 2. The quantitative estimate of drug-likeness (QED) is 0.621. The van der Waals surface area contributed by atoms with Crippen molar-refractivity contribution in [3.63, 3.8) is 0 Å². The van der Waals surface area contributed by atoms with Gasteiger partial charge in [0.05, 0.1) is 12.1 Å². The Morgan fingerprint density at radius 2 is 2.06 bits per heavy atom. The van der Waals surface area contributed by atoms with E-state index in [9.17, 15) is 9.59 Å². The topological polar surface area (TPSA) is 87.5 Å². The van der Waals surface area contributed by atoms with E-state index >= 15 is 0 Å². The molecule has 4 aliphatic rings. The van der Waals surface area contributed by atoms with Gasteiger partial charge in [-0.05, 0) is 74.0 Å². The van der Waals surface area contributed by atoms with Crippen LogP contribution in [0.15, 0.2) is 24.4 Å². The summed E-state index contributed by atoms with van der Waals surface area (Å²) in [5.74, 6) is 2.04. The van der Waals surface area contributed by atoms with Crippen LogP contribution >= 0.6 is 0 Å². The van der Waals surface area contributed by atoms with Crippen molar-refractivity contribution < 1.29 is 9.59 Å². The van der Waals surface area contributed by atoms with Crippen LogP contribution in [0.1, 0.15) is 62.1 Å². The molecule has 2 aromatic rings. The third kappa shape index (κ3) is 4.03. The smallest absolute Gasteiger partial charge is 0.268 e. The van der Waals surface area contributed by atoms with Gasteiger partial charge in [0.1, 0.15) is 11.3 Å². The summed E-state index contributed by atoms with van der Waals surface area (Å²) in [5.41, 5.74) is 2.36. The SMILES string of the molecule is CC1(C)[C@@H]2CC[C@@H](CNC(=O)c3cccc4nc(CC(=O)NCC5CCCN5)cn34)[C@H]1C2. The number of hydrogen-bond donors (Lipinski definition) is 3. The van der Waals surface area contributed by atoms with Crippen molar-refractivity contribution in [1.29, 1.82) is 0 Å². The second-order valence-electron chi connectivity index (χ2n) is 10.6. The second-order valence-corrected chi connectivity index (χ2v) is 10.6. The number of rotatable bonds is 7. The Morgan fingerprint density at radius 1 is 1.19 bits per heavy atom. The highest BCUT2D eigenvalue weighted by molar-refractivity contribution is 5.93. The number of hydrogen-bond acceptors (Lipinski definition) is 4. The molecule has 3 aliphatic carbocycles. The van der Waals surface area contributed by atoms with Crippen LogP contribution in [0.4, 0.5) is 0 Å². The van der Waals surface area contributed by atoms with Gasteiger partial charge in [-0.1, -0.05) is 19.9 Å². The lowest BCUT2D eigenvalue weighted by molar-refractivity contribution is -0.120. The van der Waals surface area contributed by atoms with Crippen LogP contribution in [0.2, 0.25) is 0 Å². The predicted molar refractivity (Wildman–Crippen MR) is 123 cm³/mol. The molecule has 1 aliphatic heterocycles. The number of aromatic nitrogens is 2. The number of nitrogens with zero attached hydrogens (tertiary/aromatic N) is 2. The van der Waals surface area contributed by atoms with Gasteiger partial charge in [-0.2, -0.15) is 0 Å². The fourth-order valence-corrected chi connectivity index (χ4v) is 6.25. The first kappa shape index (κ1) is 21.4. The van der Waals surface area contributed by atoms with Gasteiger partial charge in [-0.15, -0.1) is 0 Å². The van der Waals surface area contributed by atoms with Crippen molar-refractivity contribution in [2.24, 2.45) is 23.2 Å². The van der Waals surface area contributed by atoms with Gasteiger partial charge >= 0.3 is 0 Å². The first-order valence-electron chi connectivity index (χ1n) is 12.2. The lowest BCUT2D eigenvalue weighted by Gasteiger charge is -2.60. The molecule has 1 saturated heterocycles. The summed E-state index contributed by atoms with van der Waals surface area (Å²) < 4.78 is 1.81. The molecule has 7 nitrogen and oxygen atoms in total. The molecule has 1 unspecified atom stereocenters. The van der Waals surface area contributed by atoms with Crippen LogP contribution in [0, 0.1) is 23.2 Å². The molecule has 0 aromatic carbocycles. The summed E-state index contributed by atoms with van der Waals surface area (Å²) in [6, 6.07) is 5.92. The number of fused-ring (bicyclic) bond motifs is 3. The highest BCUT2D eigenvalue weighted by Crippen LogP contribution is 2.61. The fraction of sp³-hybridized carbons (Fsp3) is 0.640. The molecule has 3 heterocycles. The summed E-state index contributed by atoms with van der Waals surface area (Å²) in [4.78, 5) is 29.9. The molecule has 2 bridgehead atoms. The number of carbonyl (C=O) groups is 2. The molecule has 3 N–H and O–H groups in total. The Hall–Kier alpha value is -2.41. The molecule has 172 valence electrons. The maximum Gasteiger partial charge on any atom is 0.268 e. The van der Waals surface area contributed by atoms with E-state index in [-0.39, 0.29) is 18.2 Å². The van der Waals surface area contributed by atoms with E-state index in [0.29, 0.717) is 41.0 Å². The standard InChI is InChI=1S/C25H35N5O2/c1-25(2)17-9-8-16(20(25)11-17)13-28-24(32)21-6-3-7-22-29-19(15-30(21)22)12-23(31)27-14-18-5-4-10-26-18/h3,6-7,15-18,20,26H,4-5,8-14H2,1-2H3,(H,27,31)(H,28,32)/t16-,17+,18?,20+/m0/s1. The van der Waals surface area contributed by atoms with Gasteiger partial charge < -0.3 is 16.0 Å². The summed E-state index contributed by atoms with van der Waals surface area (Å²) in [6.45, 7) is 7.17. The minimum absolute atomic E-state index is 0.0353. The van der Waals surface area contributed by atoms with Crippen molar-refractivity contribution in [2.45, 2.75) is 58.4 Å². The third-order valence-corrected chi connectivity index (χ3v) is 8.35. The maximum absolute atomic E-state index is 13.0. The third-order valence-electron chi connectivity index (χ3n) is 8.35. The molecular formula is C25H35N5O2. The molecule has 2 aromatic heterocycles. The zero-order valence-electron chi connectivity index (χ0n) is 19.2. The second kappa shape index (κ2) is 8.50. The van der Waals surface area contributed by atoms with Crippen LogP contribution in [-0.2, 0) is 11.2 Å². The van der Waals surface area contributed by atoms with Crippen molar-refractivity contribution in [3.8, 4) is 0 Å². The fourth-order valence-electron chi connectivity index (χ4n) is 6.25. The van der Waals surface area contributed by atoms with Crippen molar-refractivity contribution >= 4 is 17.5 Å². The number of imidazole rings is 1. The average molecular weight is 438 g/mol. The van der Waals surface area contributed by atoms with E-state index in [1.54, 1.807) is 4.40 Å². The Labute approximate surface area is 189 Å². The lowest BCUT2D eigenvalue weighted by Crippen LogP contribution is -2.54. The number of nitrogens with one attached hydrogen (secondary N) is 3. The molecular weight excluding hydrogens is 402 g/mol. The van der Waals surface area contributed by atoms with Crippen molar-refractivity contribution in [1.82, 2.24) is 25.3 Å². The normalized spacial score (nSPS) is 28.3. The Balaban J connectivity index is 1.21. The first-order valence-corrected chi connectivity index (χ1v) is 12.2. The Bertz CT molecular complexity index is 1000. The van der Waals surface area contributed by atoms with Gasteiger partial charge in [0, 0.05) is 25.3 Å². The van der Waals surface area contributed by atoms with Crippen molar-refractivity contribution in [2.75, 3.05) is 19.6 Å². The molecule has 7 heteroatoms. The van der Waals surface area contributed by atoms with Gasteiger partial charge in [-0.3, -0.25) is 14.0 Å². The molecule has 2 amide bonds. The summed E-state index contributed by atoms with van der Waals surface area (Å²) in [6.07, 6.45) is 8.11. The zero-order valence-corrected chi connectivity index (χ0v) is 19.2. The maximum atomic E-state index is 13.0. The minimum atomic E-state index is -0.0736. The zero-order chi connectivity index (χ0) is 22.3. The van der Waals surface area contributed by atoms with E-state index in [2.05, 4.69) is 34.8 Å². The van der Waals surface area contributed by atoms with Gasteiger partial charge in [0.2, 0.25) is 5.91 Å². The van der Waals surface area contributed by atoms with Crippen LogP contribution in [0.25, 0.3) is 5.65 Å². The highest BCUT2D eigenvalue weighted by atomic mass is 16.2. The highest BCUT2D eigenvalue weighted by Gasteiger charge is 2.53. The molecule has 6 rings (SSSR count). The monoisotopic (exact) mass is 437 g/mol. The summed E-state index contributed by atoms with van der Waals surface area (Å²) in [7, 11) is 0. The van der Waals surface area contributed by atoms with E-state index < -0.39 is 0 Å². The lowest BCUT2D eigenvalue weighted by atomic mass is 9.45. The van der Waals surface area contributed by atoms with Crippen molar-refractivity contribution in [3.05, 3.63) is 35.8 Å². The van der Waals surface area contributed by atoms with E-state index in [4.69, 9.17) is 0 Å². The molecule has 4 fully saturated rings. The van der Waals surface area contributed by atoms with E-state index in [0.717, 1.165) is 37.8 Å². The van der Waals surface area contributed by atoms with Crippen LogP contribution in [-0.4, -0.2) is 46.9 Å². The predicted octanol–water partition coefficient (Wildman–Crippen LogP) is 2.55. The Morgan fingerprint density at radius 3 is 2.81 bits per heavy atom. The van der Waals surface area contributed by atoms with Gasteiger partial charge in [-0.25, -0.2) is 4.98 Å². The van der Waals surface area contributed by atoms with Gasteiger partial charge in [0.25, 0.3) is 5.91 Å². The van der Waals surface area contributed by atoms with Crippen LogP contribution in [0.3, 0.4) is 0 Å². The molecule has 0 radical (unpaired) electrons. The summed E-state index contributed by atoms with van der Waals surface area (Å²) in [5, 5.41) is 9.56. The largest absolute Gasteiger partial charge is 0.354 e. The van der Waals surface area contributed by atoms with Crippen LogP contribution in [0.5, 0.6) is 0 Å². The molecule has 4 atom stereocenters. The van der Waals surface area contributed by atoms with E-state index in [1.165, 1.54) is 19.3 Å². The number of pyridine rings is 1. The molecule has 0 spiro atoms. The van der Waals surface area contributed by atoms with Gasteiger partial charge in [0.15, 0.2) is 0 Å². The first-order chi connectivity index (χ1) is 15.4. The van der Waals surface area contributed by atoms with Crippen LogP contribution < -0.4 is 16.0 Å². The molecule has 32 heavy (non-hydrogen) atoms.